The van der Waals surface area contributed by atoms with Gasteiger partial charge in [-0.3, -0.25) is 0 Å². The third-order valence-electron chi connectivity index (χ3n) is 7.28. The van der Waals surface area contributed by atoms with Crippen LogP contribution in [0.2, 0.25) is 0 Å². The summed E-state index contributed by atoms with van der Waals surface area (Å²) in [5.41, 5.74) is 4.58. The van der Waals surface area contributed by atoms with Gasteiger partial charge in [0.1, 0.15) is 5.69 Å². The number of rotatable bonds is 6. The first kappa shape index (κ1) is 26.4. The van der Waals surface area contributed by atoms with Crippen molar-refractivity contribution in [3.05, 3.63) is 119 Å². The van der Waals surface area contributed by atoms with E-state index in [1.54, 1.807) is 18.3 Å². The van der Waals surface area contributed by atoms with E-state index in [-0.39, 0.29) is 6.04 Å². The number of halogens is 3. The highest BCUT2D eigenvalue weighted by molar-refractivity contribution is 5.81. The van der Waals surface area contributed by atoms with Crippen LogP contribution in [0.15, 0.2) is 97.2 Å². The third-order valence-corrected chi connectivity index (χ3v) is 7.28. The van der Waals surface area contributed by atoms with Gasteiger partial charge in [-0.25, -0.2) is 9.97 Å². The molecule has 9 heteroatoms. The molecule has 1 aliphatic heterocycles. The van der Waals surface area contributed by atoms with Gasteiger partial charge in [-0.05, 0) is 54.3 Å². The lowest BCUT2D eigenvalue weighted by Crippen LogP contribution is -2.31. The zero-order valence-corrected chi connectivity index (χ0v) is 22.3. The number of fused-ring (bicyclic) bond motifs is 1. The van der Waals surface area contributed by atoms with Crippen LogP contribution in [-0.2, 0) is 19.1 Å². The highest BCUT2D eigenvalue weighted by Gasteiger charge is 2.31. The molecule has 5 aromatic rings. The van der Waals surface area contributed by atoms with E-state index in [0.717, 1.165) is 30.7 Å². The first-order chi connectivity index (χ1) is 19.8. The average molecular weight is 553 g/mol. The van der Waals surface area contributed by atoms with E-state index in [1.165, 1.54) is 17.2 Å². The van der Waals surface area contributed by atoms with E-state index in [1.807, 2.05) is 55.5 Å². The minimum absolute atomic E-state index is 0.0612. The predicted octanol–water partition coefficient (Wildman–Crippen LogP) is 7.36. The molecule has 3 aromatic carbocycles. The van der Waals surface area contributed by atoms with Gasteiger partial charge in [0.15, 0.2) is 5.82 Å². The molecule has 0 radical (unpaired) electrons. The van der Waals surface area contributed by atoms with Gasteiger partial charge < -0.3 is 10.2 Å². The van der Waals surface area contributed by atoms with E-state index in [2.05, 4.69) is 37.5 Å². The minimum atomic E-state index is -4.48. The Morgan fingerprint density at radius 1 is 0.854 bits per heavy atom. The number of nitrogens with one attached hydrogen (secondary N) is 1. The third kappa shape index (κ3) is 5.75. The fourth-order valence-electron chi connectivity index (χ4n) is 5.08. The van der Waals surface area contributed by atoms with Gasteiger partial charge in [0, 0.05) is 30.4 Å². The van der Waals surface area contributed by atoms with Gasteiger partial charge in [0.2, 0.25) is 5.95 Å². The summed E-state index contributed by atoms with van der Waals surface area (Å²) in [4.78, 5) is 11.3. The Morgan fingerprint density at radius 2 is 1.63 bits per heavy atom. The molecule has 206 valence electrons. The molecule has 0 aliphatic carbocycles. The number of benzene rings is 3. The standard InChI is InChI=1S/C32H27F3N6/c1-21(22-8-3-2-4-9-22)37-31-36-16-14-28(38-31)27-19-29(41-17-15-23-10-5-6-11-25(23)20-41)39-40-30(27)24-12-7-13-26(18-24)32(33,34)35/h2-14,16,18-19,21H,15,17,20H2,1H3,(H,36,37,38)/t21-/m0/s1. The number of hydrogen-bond donors (Lipinski definition) is 1. The van der Waals surface area contributed by atoms with Crippen molar-refractivity contribution >= 4 is 11.8 Å². The first-order valence-corrected chi connectivity index (χ1v) is 13.4. The second kappa shape index (κ2) is 11.0. The number of anilines is 2. The monoisotopic (exact) mass is 552 g/mol. The molecule has 1 N–H and O–H groups in total. The molecule has 3 heterocycles. The van der Waals surface area contributed by atoms with Crippen LogP contribution in [0, 0.1) is 0 Å². The zero-order chi connectivity index (χ0) is 28.4. The Bertz CT molecular complexity index is 1670. The number of hydrogen-bond acceptors (Lipinski definition) is 6. The van der Waals surface area contributed by atoms with Crippen LogP contribution >= 0.6 is 0 Å². The van der Waals surface area contributed by atoms with Gasteiger partial charge in [0.05, 0.1) is 17.3 Å². The van der Waals surface area contributed by atoms with Crippen LogP contribution in [-0.4, -0.2) is 26.7 Å². The molecule has 6 rings (SSSR count). The summed E-state index contributed by atoms with van der Waals surface area (Å²) in [5.74, 6) is 1.04. The van der Waals surface area contributed by atoms with Crippen molar-refractivity contribution in [1.29, 1.82) is 0 Å². The summed E-state index contributed by atoms with van der Waals surface area (Å²) < 4.78 is 40.7. The maximum Gasteiger partial charge on any atom is 0.416 e. The molecule has 1 atom stereocenters. The highest BCUT2D eigenvalue weighted by Crippen LogP contribution is 2.36. The molecule has 0 saturated heterocycles. The Balaban J connectivity index is 1.41. The van der Waals surface area contributed by atoms with Crippen molar-refractivity contribution in [1.82, 2.24) is 20.2 Å². The molecule has 41 heavy (non-hydrogen) atoms. The molecular weight excluding hydrogens is 525 g/mol. The quantitative estimate of drug-likeness (QED) is 0.238. The summed E-state index contributed by atoms with van der Waals surface area (Å²) >= 11 is 0. The molecule has 0 unspecified atom stereocenters. The van der Waals surface area contributed by atoms with E-state index in [9.17, 15) is 13.2 Å². The Kier molecular flexibility index (Phi) is 7.09. The molecule has 1 aliphatic rings. The van der Waals surface area contributed by atoms with E-state index < -0.39 is 11.7 Å². The smallest absolute Gasteiger partial charge is 0.350 e. The molecule has 2 aromatic heterocycles. The van der Waals surface area contributed by atoms with E-state index >= 15 is 0 Å². The summed E-state index contributed by atoms with van der Waals surface area (Å²) in [6.45, 7) is 3.43. The molecule has 0 fully saturated rings. The Hall–Kier alpha value is -4.79. The minimum Gasteiger partial charge on any atom is -0.350 e. The van der Waals surface area contributed by atoms with Gasteiger partial charge in [-0.15, -0.1) is 10.2 Å². The summed E-state index contributed by atoms with van der Waals surface area (Å²) in [7, 11) is 0. The summed E-state index contributed by atoms with van der Waals surface area (Å²) in [6.07, 6.45) is -1.98. The maximum absolute atomic E-state index is 13.6. The van der Waals surface area contributed by atoms with E-state index in [4.69, 9.17) is 4.98 Å². The average Bonchev–Trinajstić information content (AvgIpc) is 3.01. The lowest BCUT2D eigenvalue weighted by atomic mass is 9.99. The van der Waals surface area contributed by atoms with Crippen LogP contribution in [0.5, 0.6) is 0 Å². The van der Waals surface area contributed by atoms with Crippen LogP contribution in [0.25, 0.3) is 22.5 Å². The van der Waals surface area contributed by atoms with Gasteiger partial charge >= 0.3 is 6.18 Å². The highest BCUT2D eigenvalue weighted by atomic mass is 19.4. The van der Waals surface area contributed by atoms with Gasteiger partial charge in [0.25, 0.3) is 0 Å². The summed E-state index contributed by atoms with van der Waals surface area (Å²) in [6, 6.07) is 26.9. The van der Waals surface area contributed by atoms with Gasteiger partial charge in [-0.1, -0.05) is 66.7 Å². The van der Waals surface area contributed by atoms with E-state index in [0.29, 0.717) is 40.8 Å². The predicted molar refractivity (Wildman–Crippen MR) is 153 cm³/mol. The van der Waals surface area contributed by atoms with Crippen molar-refractivity contribution < 1.29 is 13.2 Å². The topological polar surface area (TPSA) is 66.8 Å². The van der Waals surface area contributed by atoms with Gasteiger partial charge in [-0.2, -0.15) is 13.2 Å². The van der Waals surface area contributed by atoms with Crippen LogP contribution in [0.3, 0.4) is 0 Å². The molecule has 0 spiro atoms. The maximum atomic E-state index is 13.6. The van der Waals surface area contributed by atoms with Crippen molar-refractivity contribution in [2.75, 3.05) is 16.8 Å². The fraction of sp³-hybridized carbons (Fsp3) is 0.188. The number of aromatic nitrogens is 4. The Labute approximate surface area is 235 Å². The zero-order valence-electron chi connectivity index (χ0n) is 22.3. The van der Waals surface area contributed by atoms with Crippen molar-refractivity contribution in [2.24, 2.45) is 0 Å². The van der Waals surface area contributed by atoms with Crippen molar-refractivity contribution in [2.45, 2.75) is 32.1 Å². The molecular formula is C32H27F3N6. The van der Waals surface area contributed by atoms with Crippen LogP contribution in [0.4, 0.5) is 24.9 Å². The lowest BCUT2D eigenvalue weighted by molar-refractivity contribution is -0.137. The molecule has 0 saturated carbocycles. The lowest BCUT2D eigenvalue weighted by Gasteiger charge is -2.29. The van der Waals surface area contributed by atoms with Crippen molar-refractivity contribution in [3.63, 3.8) is 0 Å². The first-order valence-electron chi connectivity index (χ1n) is 13.4. The number of nitrogens with zero attached hydrogens (tertiary/aromatic N) is 5. The van der Waals surface area contributed by atoms with Crippen LogP contribution < -0.4 is 10.2 Å². The molecule has 6 nitrogen and oxygen atoms in total. The molecule has 0 amide bonds. The summed E-state index contributed by atoms with van der Waals surface area (Å²) in [5, 5.41) is 12.3. The largest absolute Gasteiger partial charge is 0.416 e. The molecule has 0 bridgehead atoms. The number of alkyl halides is 3. The van der Waals surface area contributed by atoms with Crippen molar-refractivity contribution in [3.8, 4) is 22.5 Å². The fourth-order valence-corrected chi connectivity index (χ4v) is 5.08. The normalized spacial score (nSPS) is 13.9. The van der Waals surface area contributed by atoms with Crippen LogP contribution in [0.1, 0.15) is 35.2 Å². The second-order valence-corrected chi connectivity index (χ2v) is 10.0. The SMILES string of the molecule is C[C@H](Nc1nccc(-c2cc(N3CCc4ccccc4C3)nnc2-c2cccc(C(F)(F)F)c2)n1)c1ccccc1. The Morgan fingerprint density at radius 3 is 2.44 bits per heavy atom. The second-order valence-electron chi connectivity index (χ2n) is 10.0.